The van der Waals surface area contributed by atoms with Crippen LogP contribution in [0.4, 0.5) is 0 Å². The number of hydrogen-bond donors (Lipinski definition) is 0. The molecule has 2 aliphatic carbocycles. The summed E-state index contributed by atoms with van der Waals surface area (Å²) in [5, 5.41) is 36.2. The first-order valence-corrected chi connectivity index (χ1v) is 12.1. The number of nitrogens with zero attached hydrogens (tertiary/aromatic N) is 4. The summed E-state index contributed by atoms with van der Waals surface area (Å²) >= 11 is 0. The van der Waals surface area contributed by atoms with Crippen molar-refractivity contribution in [2.45, 2.75) is 95.3 Å². The molecule has 0 radical (unpaired) electrons. The van der Waals surface area contributed by atoms with Crippen LogP contribution in [0.1, 0.15) is 95.5 Å². The van der Waals surface area contributed by atoms with Crippen molar-refractivity contribution >= 4 is 0 Å². The molecule has 1 aromatic rings. The molecule has 0 aromatic heterocycles. The predicted molar refractivity (Wildman–Crippen MR) is 126 cm³/mol. The van der Waals surface area contributed by atoms with Crippen LogP contribution in [0, 0.1) is 51.2 Å². The lowest BCUT2D eigenvalue weighted by atomic mass is 9.64. The van der Waals surface area contributed by atoms with E-state index in [1.807, 2.05) is 30.3 Å². The average molecular weight is 427 g/mol. The van der Waals surface area contributed by atoms with E-state index in [4.69, 9.17) is 10.5 Å². The Labute approximate surface area is 193 Å². The van der Waals surface area contributed by atoms with Gasteiger partial charge in [-0.1, -0.05) is 81.7 Å². The third-order valence-corrected chi connectivity index (χ3v) is 6.94. The summed E-state index contributed by atoms with van der Waals surface area (Å²) in [4.78, 5) is 0. The summed E-state index contributed by atoms with van der Waals surface area (Å²) in [6.45, 7) is 0. The molecule has 0 N–H and O–H groups in total. The normalized spacial score (nSPS) is 18.5. The van der Waals surface area contributed by atoms with Gasteiger partial charge in [-0.3, -0.25) is 0 Å². The second-order valence-electron chi connectivity index (χ2n) is 8.95. The summed E-state index contributed by atoms with van der Waals surface area (Å²) < 4.78 is 0. The van der Waals surface area contributed by atoms with Gasteiger partial charge in [-0.15, -0.1) is 0 Å². The Balaban J connectivity index is 0.000000244. The lowest BCUT2D eigenvalue weighted by molar-refractivity contribution is 0.280. The second-order valence-corrected chi connectivity index (χ2v) is 8.95. The monoisotopic (exact) mass is 426 g/mol. The Kier molecular flexibility index (Phi) is 11.1. The number of allylic oxidation sites excluding steroid dienone is 2. The van der Waals surface area contributed by atoms with Crippen LogP contribution in [0.3, 0.4) is 0 Å². The number of nitriles is 4. The third kappa shape index (κ3) is 6.98. The molecule has 0 heterocycles. The summed E-state index contributed by atoms with van der Waals surface area (Å²) in [5.41, 5.74) is 2.36. The van der Waals surface area contributed by atoms with Gasteiger partial charge in [0.2, 0.25) is 0 Å². The van der Waals surface area contributed by atoms with Crippen LogP contribution < -0.4 is 0 Å². The van der Waals surface area contributed by atoms with Crippen molar-refractivity contribution in [3.63, 3.8) is 0 Å². The first-order valence-electron chi connectivity index (χ1n) is 12.1. The van der Waals surface area contributed by atoms with Crippen molar-refractivity contribution in [2.75, 3.05) is 0 Å². The highest BCUT2D eigenvalue weighted by atomic mass is 14.5. The van der Waals surface area contributed by atoms with Crippen molar-refractivity contribution in [1.82, 2.24) is 0 Å². The maximum atomic E-state index is 9.39. The molecule has 4 nitrogen and oxygen atoms in total. The molecule has 0 unspecified atom stereocenters. The molecule has 0 spiro atoms. The first-order chi connectivity index (χ1) is 15.7. The van der Waals surface area contributed by atoms with Gasteiger partial charge in [-0.05, 0) is 49.7 Å². The maximum absolute atomic E-state index is 9.39. The second kappa shape index (κ2) is 14.1. The van der Waals surface area contributed by atoms with E-state index in [1.165, 1.54) is 44.1 Å². The molecule has 2 fully saturated rings. The lowest BCUT2D eigenvalue weighted by Crippen LogP contribution is -2.34. The van der Waals surface area contributed by atoms with Crippen molar-refractivity contribution in [1.29, 1.82) is 21.0 Å². The van der Waals surface area contributed by atoms with Gasteiger partial charge in [0.15, 0.2) is 0 Å². The van der Waals surface area contributed by atoms with Crippen LogP contribution in [0.2, 0.25) is 0 Å². The summed E-state index contributed by atoms with van der Waals surface area (Å²) in [7, 11) is 0. The van der Waals surface area contributed by atoms with Gasteiger partial charge in [-0.25, -0.2) is 0 Å². The van der Waals surface area contributed by atoms with E-state index in [1.54, 1.807) is 0 Å². The minimum Gasteiger partial charge on any atom is -0.197 e. The Morgan fingerprint density at radius 1 is 0.656 bits per heavy atom. The van der Waals surface area contributed by atoms with Crippen molar-refractivity contribution in [3.8, 4) is 24.3 Å². The van der Waals surface area contributed by atoms with E-state index in [2.05, 4.69) is 24.3 Å². The molecule has 2 saturated carbocycles. The van der Waals surface area contributed by atoms with E-state index in [-0.39, 0.29) is 5.41 Å². The Morgan fingerprint density at radius 2 is 1.12 bits per heavy atom. The van der Waals surface area contributed by atoms with Crippen molar-refractivity contribution < 1.29 is 0 Å². The smallest absolute Gasteiger partial charge is 0.142 e. The largest absolute Gasteiger partial charge is 0.197 e. The zero-order chi connectivity index (χ0) is 23.1. The van der Waals surface area contributed by atoms with Crippen LogP contribution >= 0.6 is 0 Å². The lowest BCUT2D eigenvalue weighted by Gasteiger charge is -2.37. The number of benzene rings is 1. The molecule has 2 aliphatic rings. The van der Waals surface area contributed by atoms with Gasteiger partial charge in [-0.2, -0.15) is 21.0 Å². The highest BCUT2D eigenvalue weighted by Gasteiger charge is 2.40. The molecular weight excluding hydrogens is 392 g/mol. The molecular formula is C28H34N4. The van der Waals surface area contributed by atoms with E-state index in [0.29, 0.717) is 5.57 Å². The van der Waals surface area contributed by atoms with Gasteiger partial charge >= 0.3 is 0 Å². The molecule has 166 valence electrons. The maximum Gasteiger partial charge on any atom is 0.142 e. The summed E-state index contributed by atoms with van der Waals surface area (Å²) in [6, 6.07) is 18.7. The molecule has 32 heavy (non-hydrogen) atoms. The fourth-order valence-corrected chi connectivity index (χ4v) is 5.09. The molecule has 0 aliphatic heterocycles. The summed E-state index contributed by atoms with van der Waals surface area (Å²) in [5.74, 6) is -0.534. The Bertz CT molecular complexity index is 854. The first kappa shape index (κ1) is 25.2. The van der Waals surface area contributed by atoms with Gasteiger partial charge in [0.1, 0.15) is 23.6 Å². The van der Waals surface area contributed by atoms with Crippen molar-refractivity contribution in [2.24, 2.45) is 5.92 Å². The van der Waals surface area contributed by atoms with Crippen LogP contribution in [0.15, 0.2) is 41.5 Å². The standard InChI is InChI=1S/C17H20N2.C11H14N2/c18-13-16(14-19)17(15-9-5-4-6-10-15)11-7-2-1-3-8-12-17;12-8-11(9-13)10-6-4-2-1-3-5-7-10/h4-6,9-10,16H,1-3,7-8,11-12H2;1-7H2. The van der Waals surface area contributed by atoms with E-state index in [0.717, 1.165) is 56.9 Å². The minimum absolute atomic E-state index is 0.259. The topological polar surface area (TPSA) is 95.2 Å². The molecule has 0 atom stereocenters. The average Bonchev–Trinajstić information content (AvgIpc) is 2.79. The SMILES string of the molecule is N#CC(C#N)=C1CCCCCCC1.N#CC(C#N)C1(c2ccccc2)CCCCCCC1. The van der Waals surface area contributed by atoms with Gasteiger partial charge in [0.05, 0.1) is 12.1 Å². The van der Waals surface area contributed by atoms with E-state index < -0.39 is 5.92 Å². The van der Waals surface area contributed by atoms with Gasteiger partial charge < -0.3 is 0 Å². The Hall–Kier alpha value is -3.08. The zero-order valence-electron chi connectivity index (χ0n) is 19.2. The quantitative estimate of drug-likeness (QED) is 0.460. The van der Waals surface area contributed by atoms with E-state index >= 15 is 0 Å². The van der Waals surface area contributed by atoms with Crippen LogP contribution in [0.5, 0.6) is 0 Å². The highest BCUT2D eigenvalue weighted by molar-refractivity contribution is 5.40. The molecule has 1 aromatic carbocycles. The number of rotatable bonds is 2. The molecule has 3 rings (SSSR count). The van der Waals surface area contributed by atoms with Crippen LogP contribution in [-0.4, -0.2) is 0 Å². The molecule has 0 amide bonds. The molecule has 0 bridgehead atoms. The molecule has 0 saturated heterocycles. The van der Waals surface area contributed by atoms with Crippen LogP contribution in [0.25, 0.3) is 0 Å². The van der Waals surface area contributed by atoms with Crippen molar-refractivity contribution in [3.05, 3.63) is 47.0 Å². The van der Waals surface area contributed by atoms with E-state index in [9.17, 15) is 10.5 Å². The predicted octanol–water partition coefficient (Wildman–Crippen LogP) is 7.41. The van der Waals surface area contributed by atoms with Gasteiger partial charge in [0.25, 0.3) is 0 Å². The third-order valence-electron chi connectivity index (χ3n) is 6.94. The highest BCUT2D eigenvalue weighted by Crippen LogP contribution is 2.43. The summed E-state index contributed by atoms with van der Waals surface area (Å²) in [6.07, 6.45) is 15.9. The Morgan fingerprint density at radius 3 is 1.59 bits per heavy atom. The minimum atomic E-state index is -0.534. The fourth-order valence-electron chi connectivity index (χ4n) is 5.09. The van der Waals surface area contributed by atoms with Crippen LogP contribution in [-0.2, 0) is 5.41 Å². The zero-order valence-corrected chi connectivity index (χ0v) is 19.2. The van der Waals surface area contributed by atoms with Gasteiger partial charge in [0, 0.05) is 5.41 Å². The molecule has 4 heteroatoms. The number of hydrogen-bond acceptors (Lipinski definition) is 4. The fraction of sp³-hybridized carbons (Fsp3) is 0.571.